The summed E-state index contributed by atoms with van der Waals surface area (Å²) in [5.41, 5.74) is 1.52. The van der Waals surface area contributed by atoms with Gasteiger partial charge >= 0.3 is 0 Å². The first kappa shape index (κ1) is 19.7. The van der Waals surface area contributed by atoms with Gasteiger partial charge in [0, 0.05) is 21.6 Å². The van der Waals surface area contributed by atoms with Gasteiger partial charge in [-0.05, 0) is 74.5 Å². The SMILES string of the molecule is O=C(Nc1ccc(F)cc1)C1CCN(Cc2nc(-c3ccc(Br)cc3)no2)CC1. The van der Waals surface area contributed by atoms with Crippen molar-refractivity contribution < 1.29 is 13.7 Å². The average Bonchev–Trinajstić information content (AvgIpc) is 3.19. The van der Waals surface area contributed by atoms with Gasteiger partial charge in [0.1, 0.15) is 5.82 Å². The molecule has 1 aliphatic rings. The zero-order valence-electron chi connectivity index (χ0n) is 15.6. The minimum absolute atomic E-state index is 0.0217. The van der Waals surface area contributed by atoms with E-state index in [1.165, 1.54) is 12.1 Å². The van der Waals surface area contributed by atoms with Crippen LogP contribution in [0.1, 0.15) is 18.7 Å². The molecule has 8 heteroatoms. The van der Waals surface area contributed by atoms with Gasteiger partial charge in [-0.25, -0.2) is 4.39 Å². The van der Waals surface area contributed by atoms with E-state index in [2.05, 4.69) is 36.3 Å². The van der Waals surface area contributed by atoms with Gasteiger partial charge in [-0.2, -0.15) is 4.98 Å². The molecule has 0 radical (unpaired) electrons. The maximum atomic E-state index is 13.0. The fraction of sp³-hybridized carbons (Fsp3) is 0.286. The molecule has 0 saturated carbocycles. The highest BCUT2D eigenvalue weighted by Crippen LogP contribution is 2.23. The number of piperidine rings is 1. The summed E-state index contributed by atoms with van der Waals surface area (Å²) in [6, 6.07) is 13.6. The minimum atomic E-state index is -0.319. The van der Waals surface area contributed by atoms with Crippen LogP contribution in [0.15, 0.2) is 57.5 Å². The topological polar surface area (TPSA) is 71.3 Å². The molecule has 2 heterocycles. The van der Waals surface area contributed by atoms with Gasteiger partial charge in [0.15, 0.2) is 0 Å². The number of nitrogens with one attached hydrogen (secondary N) is 1. The molecule has 0 spiro atoms. The third-order valence-electron chi connectivity index (χ3n) is 5.00. The van der Waals surface area contributed by atoms with E-state index in [9.17, 15) is 9.18 Å². The number of carbonyl (C=O) groups excluding carboxylic acids is 1. The molecule has 150 valence electrons. The van der Waals surface area contributed by atoms with Crippen LogP contribution in [0.25, 0.3) is 11.4 Å². The van der Waals surface area contributed by atoms with E-state index in [1.807, 2.05) is 24.3 Å². The first-order chi connectivity index (χ1) is 14.1. The molecule has 1 N–H and O–H groups in total. The second-order valence-electron chi connectivity index (χ2n) is 7.07. The number of benzene rings is 2. The molecule has 1 aromatic heterocycles. The standard InChI is InChI=1S/C21H20BrFN4O2/c22-16-3-1-14(2-4-16)20-25-19(29-26-20)13-27-11-9-15(10-12-27)21(28)24-18-7-5-17(23)6-8-18/h1-8,15H,9-13H2,(H,24,28). The van der Waals surface area contributed by atoms with Crippen molar-refractivity contribution in [1.29, 1.82) is 0 Å². The maximum absolute atomic E-state index is 13.0. The summed E-state index contributed by atoms with van der Waals surface area (Å²) < 4.78 is 19.4. The van der Waals surface area contributed by atoms with Gasteiger partial charge in [0.2, 0.25) is 17.6 Å². The van der Waals surface area contributed by atoms with E-state index < -0.39 is 0 Å². The summed E-state index contributed by atoms with van der Waals surface area (Å²) in [4.78, 5) is 19.1. The van der Waals surface area contributed by atoms with Gasteiger partial charge in [-0.15, -0.1) is 0 Å². The van der Waals surface area contributed by atoms with E-state index in [4.69, 9.17) is 4.52 Å². The normalized spacial score (nSPS) is 15.4. The van der Waals surface area contributed by atoms with Crippen molar-refractivity contribution in [2.24, 2.45) is 5.92 Å². The molecule has 0 aliphatic carbocycles. The molecule has 2 aromatic carbocycles. The van der Waals surface area contributed by atoms with E-state index >= 15 is 0 Å². The Bertz CT molecular complexity index is 967. The smallest absolute Gasteiger partial charge is 0.241 e. The molecule has 0 atom stereocenters. The average molecular weight is 459 g/mol. The lowest BCUT2D eigenvalue weighted by Crippen LogP contribution is -2.37. The van der Waals surface area contributed by atoms with Gasteiger partial charge < -0.3 is 9.84 Å². The van der Waals surface area contributed by atoms with Crippen molar-refractivity contribution in [1.82, 2.24) is 15.0 Å². The second-order valence-corrected chi connectivity index (χ2v) is 7.98. The molecule has 0 unspecified atom stereocenters. The molecular weight excluding hydrogens is 439 g/mol. The molecule has 3 aromatic rings. The van der Waals surface area contributed by atoms with E-state index in [0.717, 1.165) is 36.0 Å². The molecule has 1 fully saturated rings. The van der Waals surface area contributed by atoms with Crippen LogP contribution >= 0.6 is 15.9 Å². The molecule has 1 saturated heterocycles. The number of nitrogens with zero attached hydrogens (tertiary/aromatic N) is 3. The number of hydrogen-bond acceptors (Lipinski definition) is 5. The first-order valence-corrected chi connectivity index (χ1v) is 10.2. The largest absolute Gasteiger partial charge is 0.338 e. The maximum Gasteiger partial charge on any atom is 0.241 e. The number of amides is 1. The molecule has 0 bridgehead atoms. The Morgan fingerprint density at radius 2 is 1.83 bits per heavy atom. The zero-order valence-corrected chi connectivity index (χ0v) is 17.2. The summed E-state index contributed by atoms with van der Waals surface area (Å²) in [6.07, 6.45) is 1.50. The highest BCUT2D eigenvalue weighted by molar-refractivity contribution is 9.10. The number of rotatable bonds is 5. The number of aromatic nitrogens is 2. The van der Waals surface area contributed by atoms with Crippen molar-refractivity contribution in [3.8, 4) is 11.4 Å². The Hall–Kier alpha value is -2.58. The van der Waals surface area contributed by atoms with Gasteiger partial charge in [-0.1, -0.05) is 21.1 Å². The molecule has 1 amide bonds. The van der Waals surface area contributed by atoms with E-state index in [0.29, 0.717) is 23.9 Å². The molecule has 4 rings (SSSR count). The van der Waals surface area contributed by atoms with Crippen LogP contribution < -0.4 is 5.32 Å². The van der Waals surface area contributed by atoms with E-state index in [-0.39, 0.29) is 17.6 Å². The van der Waals surface area contributed by atoms with Crippen LogP contribution in [0, 0.1) is 11.7 Å². The Morgan fingerprint density at radius 1 is 1.14 bits per heavy atom. The van der Waals surface area contributed by atoms with Crippen LogP contribution in [0.3, 0.4) is 0 Å². The summed E-state index contributed by atoms with van der Waals surface area (Å²) in [7, 11) is 0. The quantitative estimate of drug-likeness (QED) is 0.609. The van der Waals surface area contributed by atoms with Gasteiger partial charge in [-0.3, -0.25) is 9.69 Å². The summed E-state index contributed by atoms with van der Waals surface area (Å²) in [6.45, 7) is 2.12. The molecule has 29 heavy (non-hydrogen) atoms. The monoisotopic (exact) mass is 458 g/mol. The number of hydrogen-bond donors (Lipinski definition) is 1. The number of halogens is 2. The van der Waals surface area contributed by atoms with Crippen LogP contribution in [-0.4, -0.2) is 34.0 Å². The van der Waals surface area contributed by atoms with Crippen LogP contribution in [-0.2, 0) is 11.3 Å². The van der Waals surface area contributed by atoms with Gasteiger partial charge in [0.25, 0.3) is 0 Å². The predicted octanol–water partition coefficient (Wildman–Crippen LogP) is 4.49. The molecule has 6 nitrogen and oxygen atoms in total. The zero-order chi connectivity index (χ0) is 20.2. The molecular formula is C21H20BrFN4O2. The fourth-order valence-electron chi connectivity index (χ4n) is 3.36. The number of anilines is 1. The lowest BCUT2D eigenvalue weighted by atomic mass is 9.96. The van der Waals surface area contributed by atoms with Crippen molar-refractivity contribution in [3.63, 3.8) is 0 Å². The number of likely N-dealkylation sites (tertiary alicyclic amines) is 1. The lowest BCUT2D eigenvalue weighted by molar-refractivity contribution is -0.121. The Kier molecular flexibility index (Phi) is 6.01. The first-order valence-electron chi connectivity index (χ1n) is 9.44. The highest BCUT2D eigenvalue weighted by atomic mass is 79.9. The summed E-state index contributed by atoms with van der Waals surface area (Å²) >= 11 is 3.41. The van der Waals surface area contributed by atoms with Crippen molar-refractivity contribution >= 4 is 27.5 Å². The summed E-state index contributed by atoms with van der Waals surface area (Å²) in [5, 5.41) is 6.92. The van der Waals surface area contributed by atoms with Crippen molar-refractivity contribution in [2.45, 2.75) is 19.4 Å². The van der Waals surface area contributed by atoms with Crippen molar-refractivity contribution in [3.05, 3.63) is 64.7 Å². The van der Waals surface area contributed by atoms with Gasteiger partial charge in [0.05, 0.1) is 6.54 Å². The lowest BCUT2D eigenvalue weighted by Gasteiger charge is -2.30. The molecule has 1 aliphatic heterocycles. The van der Waals surface area contributed by atoms with Crippen LogP contribution in [0.2, 0.25) is 0 Å². The summed E-state index contributed by atoms with van der Waals surface area (Å²) in [5.74, 6) is 0.739. The Balaban J connectivity index is 1.28. The third-order valence-corrected chi connectivity index (χ3v) is 5.53. The van der Waals surface area contributed by atoms with Crippen LogP contribution in [0.5, 0.6) is 0 Å². The fourth-order valence-corrected chi connectivity index (χ4v) is 3.62. The Morgan fingerprint density at radius 3 is 2.52 bits per heavy atom. The van der Waals surface area contributed by atoms with E-state index in [1.54, 1.807) is 12.1 Å². The Labute approximate surface area is 176 Å². The highest BCUT2D eigenvalue weighted by Gasteiger charge is 2.26. The second kappa shape index (κ2) is 8.84. The predicted molar refractivity (Wildman–Crippen MR) is 110 cm³/mol. The van der Waals surface area contributed by atoms with Crippen molar-refractivity contribution in [2.75, 3.05) is 18.4 Å². The third kappa shape index (κ3) is 5.07. The van der Waals surface area contributed by atoms with Crippen LogP contribution in [0.4, 0.5) is 10.1 Å². The number of carbonyl (C=O) groups is 1. The minimum Gasteiger partial charge on any atom is -0.338 e.